The standard InChI is InChI=1S/C20H16ClN5O4/c1-10-13(8-22-20(28)24-10)19(27)25-12-2-4-15-11(6-12)7-23-26(15)17-14(21)3-5-16-18(17)30-9-29-16/h2-7H,8-9H2,1H3,(H,25,27)(H2,22,24,28). The van der Waals surface area contributed by atoms with Crippen molar-refractivity contribution in [1.82, 2.24) is 20.4 Å². The van der Waals surface area contributed by atoms with E-state index in [1.54, 1.807) is 36.0 Å². The molecule has 0 fully saturated rings. The van der Waals surface area contributed by atoms with Gasteiger partial charge < -0.3 is 25.4 Å². The number of allylic oxidation sites excluding steroid dienone is 1. The molecule has 30 heavy (non-hydrogen) atoms. The van der Waals surface area contributed by atoms with E-state index in [9.17, 15) is 9.59 Å². The highest BCUT2D eigenvalue weighted by Crippen LogP contribution is 2.42. The second-order valence-electron chi connectivity index (χ2n) is 6.83. The third-order valence-electron chi connectivity index (χ3n) is 4.96. The van der Waals surface area contributed by atoms with E-state index in [0.717, 1.165) is 10.9 Å². The molecule has 0 aliphatic carbocycles. The van der Waals surface area contributed by atoms with Gasteiger partial charge in [0.15, 0.2) is 11.5 Å². The van der Waals surface area contributed by atoms with Crippen LogP contribution in [0.5, 0.6) is 11.5 Å². The smallest absolute Gasteiger partial charge is 0.319 e. The summed E-state index contributed by atoms with van der Waals surface area (Å²) >= 11 is 6.42. The van der Waals surface area contributed by atoms with Gasteiger partial charge in [0.25, 0.3) is 5.91 Å². The number of carbonyl (C=O) groups is 2. The van der Waals surface area contributed by atoms with E-state index in [1.807, 2.05) is 12.1 Å². The van der Waals surface area contributed by atoms with E-state index < -0.39 is 0 Å². The molecule has 0 radical (unpaired) electrons. The quantitative estimate of drug-likeness (QED) is 0.598. The van der Waals surface area contributed by atoms with Crippen molar-refractivity contribution in [1.29, 1.82) is 0 Å². The van der Waals surface area contributed by atoms with Gasteiger partial charge >= 0.3 is 6.03 Å². The van der Waals surface area contributed by atoms with Gasteiger partial charge in [-0.25, -0.2) is 9.48 Å². The Labute approximate surface area is 175 Å². The largest absolute Gasteiger partial charge is 0.454 e. The van der Waals surface area contributed by atoms with Crippen LogP contribution in [-0.2, 0) is 4.79 Å². The molecule has 3 amide bonds. The minimum Gasteiger partial charge on any atom is -0.454 e. The van der Waals surface area contributed by atoms with Crippen LogP contribution < -0.4 is 25.4 Å². The number of ether oxygens (including phenoxy) is 2. The maximum atomic E-state index is 12.6. The summed E-state index contributed by atoms with van der Waals surface area (Å²) in [7, 11) is 0. The second-order valence-corrected chi connectivity index (χ2v) is 7.23. The van der Waals surface area contributed by atoms with Gasteiger partial charge in [0.1, 0.15) is 5.69 Å². The van der Waals surface area contributed by atoms with E-state index in [2.05, 4.69) is 21.0 Å². The van der Waals surface area contributed by atoms with Gasteiger partial charge in [-0.15, -0.1) is 0 Å². The maximum Gasteiger partial charge on any atom is 0.319 e. The molecule has 3 N–H and O–H groups in total. The number of nitrogens with zero attached hydrogens (tertiary/aromatic N) is 2. The molecule has 5 rings (SSSR count). The monoisotopic (exact) mass is 425 g/mol. The Balaban J connectivity index is 1.47. The Morgan fingerprint density at radius 3 is 2.97 bits per heavy atom. The Morgan fingerprint density at radius 2 is 2.13 bits per heavy atom. The van der Waals surface area contributed by atoms with Gasteiger partial charge in [0.2, 0.25) is 6.79 Å². The predicted molar refractivity (Wildman–Crippen MR) is 110 cm³/mol. The van der Waals surface area contributed by atoms with Crippen LogP contribution >= 0.6 is 11.6 Å². The molecule has 1 aromatic heterocycles. The number of hydrogen-bond acceptors (Lipinski definition) is 5. The van der Waals surface area contributed by atoms with Crippen molar-refractivity contribution in [3.63, 3.8) is 0 Å². The first-order chi connectivity index (χ1) is 14.5. The first-order valence-electron chi connectivity index (χ1n) is 9.13. The Hall–Kier alpha value is -3.72. The summed E-state index contributed by atoms with van der Waals surface area (Å²) in [4.78, 5) is 23.9. The zero-order valence-electron chi connectivity index (χ0n) is 15.8. The van der Waals surface area contributed by atoms with Gasteiger partial charge in [-0.3, -0.25) is 4.79 Å². The minimum absolute atomic E-state index is 0.128. The maximum absolute atomic E-state index is 12.6. The molecule has 3 aromatic rings. The normalized spacial score (nSPS) is 15.2. The first kappa shape index (κ1) is 18.3. The lowest BCUT2D eigenvalue weighted by atomic mass is 10.1. The number of amides is 3. The van der Waals surface area contributed by atoms with Crippen LogP contribution in [0.4, 0.5) is 10.5 Å². The average molecular weight is 426 g/mol. The third kappa shape index (κ3) is 3.00. The Kier molecular flexibility index (Phi) is 4.25. The fourth-order valence-corrected chi connectivity index (χ4v) is 3.70. The van der Waals surface area contributed by atoms with Crippen LogP contribution in [0, 0.1) is 0 Å². The molecular formula is C20H16ClN5O4. The summed E-state index contributed by atoms with van der Waals surface area (Å²) in [5, 5.41) is 13.8. The SMILES string of the molecule is CC1=C(C(=O)Nc2ccc3c(cnn3-c3c(Cl)ccc4c3OCO4)c2)CNC(=O)N1. The molecule has 0 saturated carbocycles. The number of fused-ring (bicyclic) bond motifs is 2. The summed E-state index contributed by atoms with van der Waals surface area (Å²) in [6, 6.07) is 8.60. The minimum atomic E-state index is -0.321. The zero-order valence-corrected chi connectivity index (χ0v) is 16.5. The number of benzene rings is 2. The van der Waals surface area contributed by atoms with Crippen LogP contribution in [0.15, 0.2) is 47.8 Å². The molecule has 2 aromatic carbocycles. The van der Waals surface area contributed by atoms with Crippen LogP contribution in [0.2, 0.25) is 5.02 Å². The van der Waals surface area contributed by atoms with Gasteiger partial charge in [-0.1, -0.05) is 11.6 Å². The number of urea groups is 1. The van der Waals surface area contributed by atoms with Crippen molar-refractivity contribution >= 4 is 40.1 Å². The summed E-state index contributed by atoms with van der Waals surface area (Å²) in [6.45, 7) is 1.99. The van der Waals surface area contributed by atoms with Gasteiger partial charge in [-0.2, -0.15) is 5.10 Å². The molecule has 0 bridgehead atoms. The van der Waals surface area contributed by atoms with Crippen LogP contribution in [0.1, 0.15) is 6.92 Å². The number of anilines is 1. The average Bonchev–Trinajstić information content (AvgIpc) is 3.34. The van der Waals surface area contributed by atoms with E-state index in [4.69, 9.17) is 21.1 Å². The molecule has 0 unspecified atom stereocenters. The van der Waals surface area contributed by atoms with Crippen molar-refractivity contribution in [2.75, 3.05) is 18.7 Å². The summed E-state index contributed by atoms with van der Waals surface area (Å²) in [5.74, 6) is 0.860. The number of aromatic nitrogens is 2. The molecular weight excluding hydrogens is 410 g/mol. The molecule has 0 spiro atoms. The molecule has 2 aliphatic heterocycles. The topological polar surface area (TPSA) is 107 Å². The van der Waals surface area contributed by atoms with E-state index in [1.165, 1.54) is 0 Å². The van der Waals surface area contributed by atoms with Crippen LogP contribution in [-0.4, -0.2) is 35.1 Å². The number of rotatable bonds is 3. The molecule has 152 valence electrons. The lowest BCUT2D eigenvalue weighted by Gasteiger charge is -2.19. The van der Waals surface area contributed by atoms with E-state index in [-0.39, 0.29) is 25.3 Å². The summed E-state index contributed by atoms with van der Waals surface area (Å²) in [5.41, 5.74) is 2.99. The van der Waals surface area contributed by atoms with Crippen molar-refractivity contribution in [2.45, 2.75) is 6.92 Å². The number of halogens is 1. The highest BCUT2D eigenvalue weighted by atomic mass is 35.5. The molecule has 10 heteroatoms. The van der Waals surface area contributed by atoms with Gasteiger partial charge in [-0.05, 0) is 37.3 Å². The van der Waals surface area contributed by atoms with Crippen LogP contribution in [0.25, 0.3) is 16.6 Å². The van der Waals surface area contributed by atoms with Crippen molar-refractivity contribution in [3.05, 3.63) is 52.8 Å². The van der Waals surface area contributed by atoms with Crippen molar-refractivity contribution in [2.24, 2.45) is 0 Å². The van der Waals surface area contributed by atoms with Gasteiger partial charge in [0.05, 0.1) is 28.9 Å². The highest BCUT2D eigenvalue weighted by Gasteiger charge is 2.24. The highest BCUT2D eigenvalue weighted by molar-refractivity contribution is 6.33. The summed E-state index contributed by atoms with van der Waals surface area (Å²) < 4.78 is 12.7. The number of carbonyl (C=O) groups excluding carboxylic acids is 2. The van der Waals surface area contributed by atoms with E-state index >= 15 is 0 Å². The molecule has 9 nitrogen and oxygen atoms in total. The fraction of sp³-hybridized carbons (Fsp3) is 0.150. The number of hydrogen-bond donors (Lipinski definition) is 3. The summed E-state index contributed by atoms with van der Waals surface area (Å²) in [6.07, 6.45) is 1.68. The van der Waals surface area contributed by atoms with Crippen molar-refractivity contribution < 1.29 is 19.1 Å². The Bertz CT molecular complexity index is 1250. The fourth-order valence-electron chi connectivity index (χ4n) is 3.47. The van der Waals surface area contributed by atoms with Gasteiger partial charge in [0, 0.05) is 16.8 Å². The lowest BCUT2D eigenvalue weighted by Crippen LogP contribution is -2.43. The van der Waals surface area contributed by atoms with Crippen LogP contribution in [0.3, 0.4) is 0 Å². The first-order valence-corrected chi connectivity index (χ1v) is 9.51. The predicted octanol–water partition coefficient (Wildman–Crippen LogP) is 2.93. The molecule has 2 aliphatic rings. The zero-order chi connectivity index (χ0) is 20.8. The lowest BCUT2D eigenvalue weighted by molar-refractivity contribution is -0.113. The third-order valence-corrected chi connectivity index (χ3v) is 5.26. The molecule has 0 atom stereocenters. The Morgan fingerprint density at radius 1 is 1.27 bits per heavy atom. The van der Waals surface area contributed by atoms with Crippen molar-refractivity contribution in [3.8, 4) is 17.2 Å². The molecule has 3 heterocycles. The number of nitrogens with one attached hydrogen (secondary N) is 3. The molecule has 0 saturated heterocycles. The van der Waals surface area contributed by atoms with E-state index in [0.29, 0.717) is 39.2 Å². The second kappa shape index (κ2) is 6.96.